The minimum atomic E-state index is -0.663. The molecule has 0 aliphatic carbocycles. The lowest BCUT2D eigenvalue weighted by Gasteiger charge is -2.04. The van der Waals surface area contributed by atoms with Crippen molar-refractivity contribution in [2.24, 2.45) is 0 Å². The van der Waals surface area contributed by atoms with E-state index in [1.807, 2.05) is 0 Å². The zero-order valence-electron chi connectivity index (χ0n) is 25.9. The summed E-state index contributed by atoms with van der Waals surface area (Å²) in [5, 5.41) is 16.9. The maximum atomic E-state index is 10.4. The van der Waals surface area contributed by atoms with Gasteiger partial charge in [-0.05, 0) is 12.8 Å². The third-order valence-electron chi connectivity index (χ3n) is 7.49. The van der Waals surface area contributed by atoms with E-state index in [2.05, 4.69) is 13.8 Å². The van der Waals surface area contributed by atoms with Gasteiger partial charge in [0.25, 0.3) is 0 Å². The third-order valence-corrected chi connectivity index (χ3v) is 7.49. The Kier molecular flexibility index (Phi) is 37.0. The molecule has 0 saturated carbocycles. The SMILES string of the molecule is CCCCCCCCCC(=O)O.CCCCCCCCCCCCCCCCCCCCCCCC(=O)O. The van der Waals surface area contributed by atoms with E-state index < -0.39 is 11.9 Å². The van der Waals surface area contributed by atoms with E-state index in [9.17, 15) is 9.59 Å². The first-order valence-electron chi connectivity index (χ1n) is 17.0. The summed E-state index contributed by atoms with van der Waals surface area (Å²) >= 11 is 0. The van der Waals surface area contributed by atoms with Crippen molar-refractivity contribution in [1.82, 2.24) is 0 Å². The number of rotatable bonds is 30. The second-order valence-corrected chi connectivity index (χ2v) is 11.5. The van der Waals surface area contributed by atoms with E-state index in [4.69, 9.17) is 10.2 Å². The first-order chi connectivity index (χ1) is 18.5. The van der Waals surface area contributed by atoms with Crippen molar-refractivity contribution in [3.63, 3.8) is 0 Å². The highest BCUT2D eigenvalue weighted by Gasteiger charge is 1.98. The predicted octanol–water partition coefficient (Wildman–Crippen LogP) is 11.9. The summed E-state index contributed by atoms with van der Waals surface area (Å²) in [6.45, 7) is 4.49. The van der Waals surface area contributed by atoms with Gasteiger partial charge in [-0.25, -0.2) is 0 Å². The van der Waals surface area contributed by atoms with Crippen LogP contribution in [0.15, 0.2) is 0 Å². The van der Waals surface area contributed by atoms with Crippen molar-refractivity contribution in [3.05, 3.63) is 0 Å². The lowest BCUT2D eigenvalue weighted by molar-refractivity contribution is -0.138. The fourth-order valence-corrected chi connectivity index (χ4v) is 4.94. The highest BCUT2D eigenvalue weighted by atomic mass is 16.4. The van der Waals surface area contributed by atoms with Crippen molar-refractivity contribution < 1.29 is 19.8 Å². The molecule has 0 saturated heterocycles. The van der Waals surface area contributed by atoms with Crippen LogP contribution >= 0.6 is 0 Å². The lowest BCUT2D eigenvalue weighted by Crippen LogP contribution is -1.93. The van der Waals surface area contributed by atoms with Crippen LogP contribution < -0.4 is 0 Å². The third kappa shape index (κ3) is 42.0. The van der Waals surface area contributed by atoms with E-state index in [1.165, 1.54) is 154 Å². The zero-order chi connectivity index (χ0) is 28.4. The highest BCUT2D eigenvalue weighted by Crippen LogP contribution is 2.15. The largest absolute Gasteiger partial charge is 0.481 e. The van der Waals surface area contributed by atoms with Crippen LogP contribution in [0.4, 0.5) is 0 Å². The van der Waals surface area contributed by atoms with E-state index >= 15 is 0 Å². The van der Waals surface area contributed by atoms with Gasteiger partial charge in [0.1, 0.15) is 0 Å². The molecule has 0 bridgehead atoms. The number of carboxylic acids is 2. The number of carbonyl (C=O) groups is 2. The molecule has 0 heterocycles. The average molecular weight is 541 g/mol. The molecule has 0 unspecified atom stereocenters. The summed E-state index contributed by atoms with van der Waals surface area (Å²) in [6, 6.07) is 0. The van der Waals surface area contributed by atoms with Gasteiger partial charge in [-0.1, -0.05) is 181 Å². The summed E-state index contributed by atoms with van der Waals surface area (Å²) in [6.07, 6.45) is 37.7. The van der Waals surface area contributed by atoms with Crippen molar-refractivity contribution in [1.29, 1.82) is 0 Å². The molecule has 0 rings (SSSR count). The van der Waals surface area contributed by atoms with Gasteiger partial charge in [-0.3, -0.25) is 9.59 Å². The Morgan fingerprint density at radius 3 is 0.632 bits per heavy atom. The van der Waals surface area contributed by atoms with Crippen LogP contribution in [0.1, 0.15) is 206 Å². The molecule has 2 N–H and O–H groups in total. The molecule has 0 amide bonds. The Bertz CT molecular complexity index is 463. The van der Waals surface area contributed by atoms with E-state index in [1.54, 1.807) is 0 Å². The number of hydrogen-bond acceptors (Lipinski definition) is 2. The molecular weight excluding hydrogens is 472 g/mol. The van der Waals surface area contributed by atoms with E-state index in [0.717, 1.165) is 25.7 Å². The number of aliphatic carboxylic acids is 2. The fourth-order valence-electron chi connectivity index (χ4n) is 4.94. The summed E-state index contributed by atoms with van der Waals surface area (Å²) in [5.74, 6) is -1.31. The zero-order valence-corrected chi connectivity index (χ0v) is 25.9. The Morgan fingerprint density at radius 1 is 0.316 bits per heavy atom. The van der Waals surface area contributed by atoms with Gasteiger partial charge < -0.3 is 10.2 Å². The molecule has 0 fully saturated rings. The Hall–Kier alpha value is -1.06. The molecule has 4 nitrogen and oxygen atoms in total. The molecule has 0 radical (unpaired) electrons. The smallest absolute Gasteiger partial charge is 0.303 e. The van der Waals surface area contributed by atoms with E-state index in [-0.39, 0.29) is 0 Å². The monoisotopic (exact) mass is 541 g/mol. The van der Waals surface area contributed by atoms with Crippen molar-refractivity contribution in [3.8, 4) is 0 Å². The van der Waals surface area contributed by atoms with Gasteiger partial charge in [0, 0.05) is 12.8 Å². The summed E-state index contributed by atoms with van der Waals surface area (Å²) in [4.78, 5) is 20.5. The van der Waals surface area contributed by atoms with Crippen LogP contribution in [0.3, 0.4) is 0 Å². The van der Waals surface area contributed by atoms with Gasteiger partial charge in [0.15, 0.2) is 0 Å². The van der Waals surface area contributed by atoms with Crippen molar-refractivity contribution in [2.45, 2.75) is 206 Å². The predicted molar refractivity (Wildman–Crippen MR) is 165 cm³/mol. The summed E-state index contributed by atoms with van der Waals surface area (Å²) < 4.78 is 0. The van der Waals surface area contributed by atoms with Gasteiger partial charge >= 0.3 is 11.9 Å². The van der Waals surface area contributed by atoms with Crippen LogP contribution in [0.25, 0.3) is 0 Å². The Labute approximate surface area is 238 Å². The summed E-state index contributed by atoms with van der Waals surface area (Å²) in [7, 11) is 0. The number of carboxylic acid groups (broad SMARTS) is 2. The van der Waals surface area contributed by atoms with Crippen molar-refractivity contribution >= 4 is 11.9 Å². The molecule has 4 heteroatoms. The molecule has 0 aromatic heterocycles. The second kappa shape index (κ2) is 35.9. The Balaban J connectivity index is 0. The quantitative estimate of drug-likeness (QED) is 0.0888. The average Bonchev–Trinajstić information content (AvgIpc) is 2.89. The van der Waals surface area contributed by atoms with Crippen molar-refractivity contribution in [2.75, 3.05) is 0 Å². The first kappa shape index (κ1) is 39.1. The van der Waals surface area contributed by atoms with Gasteiger partial charge in [0.05, 0.1) is 0 Å². The number of hydrogen-bond donors (Lipinski definition) is 2. The van der Waals surface area contributed by atoms with Gasteiger partial charge in [0.2, 0.25) is 0 Å². The van der Waals surface area contributed by atoms with Crippen LogP contribution in [-0.2, 0) is 9.59 Å². The standard InChI is InChI=1S/C24H48O2.C10H20O2/c1-2-3-4-5-6-7-8-9-10-11-12-13-14-15-16-17-18-19-20-21-22-23-24(25)26;1-2-3-4-5-6-7-8-9-10(11)12/h2-23H2,1H3,(H,25,26);2-9H2,1H3,(H,11,12). The molecule has 0 aliphatic rings. The maximum absolute atomic E-state index is 10.4. The molecule has 0 aromatic rings. The van der Waals surface area contributed by atoms with Gasteiger partial charge in [-0.2, -0.15) is 0 Å². The van der Waals surface area contributed by atoms with Crippen LogP contribution in [-0.4, -0.2) is 22.2 Å². The minimum absolute atomic E-state index is 0.341. The molecular formula is C34H68O4. The maximum Gasteiger partial charge on any atom is 0.303 e. The summed E-state index contributed by atoms with van der Waals surface area (Å²) in [5.41, 5.74) is 0. The molecule has 0 atom stereocenters. The first-order valence-corrected chi connectivity index (χ1v) is 17.0. The van der Waals surface area contributed by atoms with Crippen LogP contribution in [0.2, 0.25) is 0 Å². The second-order valence-electron chi connectivity index (χ2n) is 11.5. The fraction of sp³-hybridized carbons (Fsp3) is 0.941. The number of unbranched alkanes of at least 4 members (excludes halogenated alkanes) is 26. The molecule has 0 aliphatic heterocycles. The lowest BCUT2D eigenvalue weighted by atomic mass is 10.0. The van der Waals surface area contributed by atoms with E-state index in [0.29, 0.717) is 12.8 Å². The molecule has 0 spiro atoms. The highest BCUT2D eigenvalue weighted by molar-refractivity contribution is 5.66. The van der Waals surface area contributed by atoms with Crippen LogP contribution in [0, 0.1) is 0 Å². The molecule has 0 aromatic carbocycles. The van der Waals surface area contributed by atoms with Crippen LogP contribution in [0.5, 0.6) is 0 Å². The Morgan fingerprint density at radius 2 is 0.474 bits per heavy atom. The topological polar surface area (TPSA) is 74.6 Å². The normalized spacial score (nSPS) is 10.8. The molecule has 38 heavy (non-hydrogen) atoms. The van der Waals surface area contributed by atoms with Gasteiger partial charge in [-0.15, -0.1) is 0 Å². The minimum Gasteiger partial charge on any atom is -0.481 e. The molecule has 228 valence electrons.